The minimum atomic E-state index is -1.04. The molecule has 0 saturated carbocycles. The molecular formula is C8H15NO4. The third-order valence-corrected chi connectivity index (χ3v) is 2.61. The number of piperidine rings is 1. The molecule has 0 aliphatic carbocycles. The zero-order valence-corrected chi connectivity index (χ0v) is 7.47. The summed E-state index contributed by atoms with van der Waals surface area (Å²) in [6, 6.07) is -0.233. The van der Waals surface area contributed by atoms with Crippen molar-refractivity contribution in [2.45, 2.75) is 19.1 Å². The molecule has 1 saturated heterocycles. The van der Waals surface area contributed by atoms with Crippen LogP contribution in [0.1, 0.15) is 6.92 Å². The molecule has 0 amide bonds. The van der Waals surface area contributed by atoms with Crippen LogP contribution in [-0.2, 0) is 4.79 Å². The van der Waals surface area contributed by atoms with Crippen LogP contribution < -0.4 is 5.32 Å². The van der Waals surface area contributed by atoms with E-state index in [4.69, 9.17) is 10.2 Å². The SMILES string of the molecule is CC1NCC(CO)C(C(=O)O)C1O. The minimum absolute atomic E-state index is 0.215. The summed E-state index contributed by atoms with van der Waals surface area (Å²) in [5.41, 5.74) is 0. The van der Waals surface area contributed by atoms with E-state index >= 15 is 0 Å². The molecule has 1 aliphatic heterocycles. The van der Waals surface area contributed by atoms with Gasteiger partial charge in [-0.25, -0.2) is 0 Å². The molecule has 76 valence electrons. The van der Waals surface area contributed by atoms with Crippen LogP contribution in [0.5, 0.6) is 0 Å². The normalized spacial score (nSPS) is 40.2. The molecule has 5 heteroatoms. The van der Waals surface area contributed by atoms with Gasteiger partial charge in [0.1, 0.15) is 0 Å². The number of nitrogens with one attached hydrogen (secondary N) is 1. The van der Waals surface area contributed by atoms with E-state index in [9.17, 15) is 9.90 Å². The number of rotatable bonds is 2. The van der Waals surface area contributed by atoms with Crippen LogP contribution in [0.15, 0.2) is 0 Å². The third kappa shape index (κ3) is 1.99. The van der Waals surface area contributed by atoms with E-state index in [2.05, 4.69) is 5.32 Å². The molecule has 13 heavy (non-hydrogen) atoms. The van der Waals surface area contributed by atoms with E-state index in [1.54, 1.807) is 6.92 Å². The summed E-state index contributed by atoms with van der Waals surface area (Å²) < 4.78 is 0. The second-order valence-corrected chi connectivity index (χ2v) is 3.49. The molecule has 5 nitrogen and oxygen atoms in total. The number of carbonyl (C=O) groups is 1. The standard InChI is InChI=1S/C8H15NO4/c1-4-7(11)6(8(12)13)5(3-10)2-9-4/h4-7,9-11H,2-3H2,1H3,(H,12,13). The monoisotopic (exact) mass is 189 g/mol. The number of hydrogen-bond acceptors (Lipinski definition) is 4. The van der Waals surface area contributed by atoms with Crippen molar-refractivity contribution < 1.29 is 20.1 Å². The first-order chi connectivity index (χ1) is 6.07. The second kappa shape index (κ2) is 4.04. The van der Waals surface area contributed by atoms with Crippen molar-refractivity contribution in [1.82, 2.24) is 5.32 Å². The molecule has 4 atom stereocenters. The number of carboxylic acid groups (broad SMARTS) is 1. The summed E-state index contributed by atoms with van der Waals surface area (Å²) in [6.45, 7) is 1.95. The molecule has 0 radical (unpaired) electrons. The van der Waals surface area contributed by atoms with E-state index in [0.717, 1.165) is 0 Å². The number of aliphatic hydroxyl groups is 2. The van der Waals surface area contributed by atoms with Crippen LogP contribution in [0.4, 0.5) is 0 Å². The highest BCUT2D eigenvalue weighted by atomic mass is 16.4. The van der Waals surface area contributed by atoms with Gasteiger partial charge in [-0.3, -0.25) is 4.79 Å². The Kier molecular flexibility index (Phi) is 3.24. The Hall–Kier alpha value is -0.650. The number of aliphatic hydroxyl groups excluding tert-OH is 2. The minimum Gasteiger partial charge on any atom is -0.481 e. The van der Waals surface area contributed by atoms with E-state index in [1.807, 2.05) is 0 Å². The van der Waals surface area contributed by atoms with Crippen molar-refractivity contribution >= 4 is 5.97 Å². The van der Waals surface area contributed by atoms with Gasteiger partial charge in [-0.1, -0.05) is 0 Å². The van der Waals surface area contributed by atoms with Crippen molar-refractivity contribution in [3.63, 3.8) is 0 Å². The number of hydrogen-bond donors (Lipinski definition) is 4. The van der Waals surface area contributed by atoms with Crippen LogP contribution in [0.3, 0.4) is 0 Å². The highest BCUT2D eigenvalue weighted by molar-refractivity contribution is 5.71. The fourth-order valence-corrected chi connectivity index (χ4v) is 1.70. The third-order valence-electron chi connectivity index (χ3n) is 2.61. The summed E-state index contributed by atoms with van der Waals surface area (Å²) >= 11 is 0. The summed E-state index contributed by atoms with van der Waals surface area (Å²) in [5.74, 6) is -2.30. The smallest absolute Gasteiger partial charge is 0.309 e. The van der Waals surface area contributed by atoms with E-state index in [-0.39, 0.29) is 12.6 Å². The average Bonchev–Trinajstić information content (AvgIpc) is 2.08. The van der Waals surface area contributed by atoms with Gasteiger partial charge in [0, 0.05) is 25.1 Å². The Morgan fingerprint density at radius 2 is 2.23 bits per heavy atom. The lowest BCUT2D eigenvalue weighted by atomic mass is 9.81. The molecule has 1 fully saturated rings. The van der Waals surface area contributed by atoms with Gasteiger partial charge in [0.15, 0.2) is 0 Å². The zero-order valence-electron chi connectivity index (χ0n) is 7.47. The Morgan fingerprint density at radius 3 is 2.69 bits per heavy atom. The first-order valence-corrected chi connectivity index (χ1v) is 4.33. The maximum absolute atomic E-state index is 10.8. The molecule has 0 aromatic carbocycles. The van der Waals surface area contributed by atoms with Crippen LogP contribution in [0.25, 0.3) is 0 Å². The molecule has 4 unspecified atom stereocenters. The Morgan fingerprint density at radius 1 is 1.62 bits per heavy atom. The van der Waals surface area contributed by atoms with Gasteiger partial charge in [0.05, 0.1) is 12.0 Å². The summed E-state index contributed by atoms with van der Waals surface area (Å²) in [5, 5.41) is 30.2. The fourth-order valence-electron chi connectivity index (χ4n) is 1.70. The first kappa shape index (κ1) is 10.4. The molecule has 1 heterocycles. The van der Waals surface area contributed by atoms with E-state index in [1.165, 1.54) is 0 Å². The topological polar surface area (TPSA) is 89.8 Å². The van der Waals surface area contributed by atoms with E-state index < -0.39 is 23.9 Å². The lowest BCUT2D eigenvalue weighted by molar-refractivity contribution is -0.152. The predicted molar refractivity (Wildman–Crippen MR) is 45.2 cm³/mol. The molecule has 4 N–H and O–H groups in total. The summed E-state index contributed by atoms with van der Waals surface area (Å²) in [7, 11) is 0. The van der Waals surface area contributed by atoms with Gasteiger partial charge in [-0.2, -0.15) is 0 Å². The second-order valence-electron chi connectivity index (χ2n) is 3.49. The van der Waals surface area contributed by atoms with Crippen LogP contribution >= 0.6 is 0 Å². The van der Waals surface area contributed by atoms with E-state index in [0.29, 0.717) is 6.54 Å². The molecule has 1 rings (SSSR count). The van der Waals surface area contributed by atoms with Crippen molar-refractivity contribution in [2.24, 2.45) is 11.8 Å². The van der Waals surface area contributed by atoms with Gasteiger partial charge >= 0.3 is 5.97 Å². The molecule has 0 aromatic rings. The van der Waals surface area contributed by atoms with Crippen molar-refractivity contribution in [3.05, 3.63) is 0 Å². The maximum Gasteiger partial charge on any atom is 0.309 e. The maximum atomic E-state index is 10.8. The summed E-state index contributed by atoms with van der Waals surface area (Å²) in [4.78, 5) is 10.8. The Bertz CT molecular complexity index is 195. The quantitative estimate of drug-likeness (QED) is 0.431. The van der Waals surface area contributed by atoms with Gasteiger partial charge in [0.25, 0.3) is 0 Å². The van der Waals surface area contributed by atoms with Gasteiger partial charge < -0.3 is 20.6 Å². The molecule has 0 aromatic heterocycles. The summed E-state index contributed by atoms with van der Waals surface area (Å²) in [6.07, 6.45) is -0.927. The lowest BCUT2D eigenvalue weighted by Crippen LogP contribution is -2.56. The molecular weight excluding hydrogens is 174 g/mol. The molecule has 0 spiro atoms. The van der Waals surface area contributed by atoms with Crippen molar-refractivity contribution in [2.75, 3.05) is 13.2 Å². The van der Waals surface area contributed by atoms with Gasteiger partial charge in [-0.15, -0.1) is 0 Å². The number of aliphatic carboxylic acids is 1. The average molecular weight is 189 g/mol. The Labute approximate surface area is 76.4 Å². The highest BCUT2D eigenvalue weighted by Crippen LogP contribution is 2.22. The highest BCUT2D eigenvalue weighted by Gasteiger charge is 2.40. The lowest BCUT2D eigenvalue weighted by Gasteiger charge is -2.36. The molecule has 1 aliphatic rings. The van der Waals surface area contributed by atoms with Crippen LogP contribution in [-0.4, -0.2) is 46.6 Å². The van der Waals surface area contributed by atoms with Crippen LogP contribution in [0.2, 0.25) is 0 Å². The first-order valence-electron chi connectivity index (χ1n) is 4.33. The molecule has 0 bridgehead atoms. The van der Waals surface area contributed by atoms with Gasteiger partial charge in [0.2, 0.25) is 0 Å². The zero-order chi connectivity index (χ0) is 10.0. The van der Waals surface area contributed by atoms with Crippen molar-refractivity contribution in [1.29, 1.82) is 0 Å². The van der Waals surface area contributed by atoms with Crippen LogP contribution in [0, 0.1) is 11.8 Å². The fraction of sp³-hybridized carbons (Fsp3) is 0.875. The number of carboxylic acids is 1. The largest absolute Gasteiger partial charge is 0.481 e. The predicted octanol–water partition coefficient (Wildman–Crippen LogP) is -1.35. The van der Waals surface area contributed by atoms with Crippen molar-refractivity contribution in [3.8, 4) is 0 Å². The van der Waals surface area contributed by atoms with Gasteiger partial charge in [-0.05, 0) is 6.92 Å². The Balaban J connectivity index is 2.74.